The number of hydrogen-bond donors (Lipinski definition) is 1. The van der Waals surface area contributed by atoms with Crippen LogP contribution in [0.15, 0.2) is 42.7 Å². The number of H-pyrrole nitrogens is 1. The third-order valence-corrected chi connectivity index (χ3v) is 4.71. The largest absolute Gasteiger partial charge is 0.356 e. The van der Waals surface area contributed by atoms with Gasteiger partial charge in [-0.25, -0.2) is 4.98 Å². The number of piperidine rings is 1. The molecule has 0 radical (unpaired) electrons. The van der Waals surface area contributed by atoms with Crippen molar-refractivity contribution in [1.82, 2.24) is 9.97 Å². The molecule has 0 unspecified atom stereocenters. The summed E-state index contributed by atoms with van der Waals surface area (Å²) in [6, 6.07) is 12.9. The SMILES string of the molecule is Cc1c(-c2ccccc2)cc2c(N3CCCCC3)nc[nH]c1-2. The standard InChI is InChI=1S/C19H21N3/c1-14-16(15-8-4-2-5-9-15)12-17-18(14)20-13-21-19(17)22-10-6-3-7-11-22/h2,4-5,8-9,12-13H,3,6-7,10-11H2,1H3,(H,20,21). The minimum atomic E-state index is 1.12. The summed E-state index contributed by atoms with van der Waals surface area (Å²) in [6.07, 6.45) is 5.72. The first kappa shape index (κ1) is 13.4. The Kier molecular flexibility index (Phi) is 3.34. The molecule has 1 fully saturated rings. The number of benzene rings is 1. The van der Waals surface area contributed by atoms with E-state index in [1.165, 1.54) is 47.2 Å². The number of aromatic nitrogens is 2. The molecule has 2 heterocycles. The van der Waals surface area contributed by atoms with E-state index in [9.17, 15) is 0 Å². The molecule has 1 saturated heterocycles. The fourth-order valence-corrected chi connectivity index (χ4v) is 3.53. The zero-order valence-corrected chi connectivity index (χ0v) is 13.0. The molecular formula is C19H21N3. The Bertz CT molecular complexity index is 739. The molecule has 0 atom stereocenters. The van der Waals surface area contributed by atoms with E-state index in [1.807, 2.05) is 6.33 Å². The third-order valence-electron chi connectivity index (χ3n) is 4.71. The average molecular weight is 291 g/mol. The maximum Gasteiger partial charge on any atom is 0.139 e. The van der Waals surface area contributed by atoms with E-state index in [0.717, 1.165) is 18.9 Å². The van der Waals surface area contributed by atoms with Gasteiger partial charge in [-0.05, 0) is 48.9 Å². The minimum Gasteiger partial charge on any atom is -0.356 e. The Morgan fingerprint density at radius 3 is 2.55 bits per heavy atom. The lowest BCUT2D eigenvalue weighted by atomic mass is 10.1. The molecule has 2 aliphatic heterocycles. The molecule has 0 bridgehead atoms. The predicted octanol–water partition coefficient (Wildman–Crippen LogP) is 4.48. The van der Waals surface area contributed by atoms with Gasteiger partial charge in [0.05, 0.1) is 12.0 Å². The maximum atomic E-state index is 4.65. The van der Waals surface area contributed by atoms with Crippen molar-refractivity contribution >= 4 is 5.82 Å². The zero-order valence-electron chi connectivity index (χ0n) is 13.0. The Balaban J connectivity index is 1.84. The van der Waals surface area contributed by atoms with Crippen LogP contribution in [0.4, 0.5) is 5.82 Å². The summed E-state index contributed by atoms with van der Waals surface area (Å²) in [7, 11) is 0. The van der Waals surface area contributed by atoms with Crippen LogP contribution >= 0.6 is 0 Å². The Morgan fingerprint density at radius 2 is 1.77 bits per heavy atom. The number of aromatic amines is 1. The lowest BCUT2D eigenvalue weighted by Gasteiger charge is -2.29. The molecule has 3 heteroatoms. The first-order valence-electron chi connectivity index (χ1n) is 8.11. The molecule has 112 valence electrons. The second-order valence-corrected chi connectivity index (χ2v) is 6.11. The van der Waals surface area contributed by atoms with Crippen LogP contribution < -0.4 is 4.90 Å². The number of nitrogens with zero attached hydrogens (tertiary/aromatic N) is 2. The van der Waals surface area contributed by atoms with Crippen LogP contribution in [0.5, 0.6) is 0 Å². The summed E-state index contributed by atoms with van der Waals surface area (Å²) in [5.41, 5.74) is 6.35. The Morgan fingerprint density at radius 1 is 1.00 bits per heavy atom. The highest BCUT2D eigenvalue weighted by atomic mass is 15.2. The van der Waals surface area contributed by atoms with Crippen LogP contribution in [-0.4, -0.2) is 23.1 Å². The molecule has 0 spiro atoms. The van der Waals surface area contributed by atoms with Crippen LogP contribution in [-0.2, 0) is 0 Å². The van der Waals surface area contributed by atoms with E-state index < -0.39 is 0 Å². The van der Waals surface area contributed by atoms with Gasteiger partial charge < -0.3 is 9.88 Å². The third kappa shape index (κ3) is 2.17. The molecular weight excluding hydrogens is 270 g/mol. The van der Waals surface area contributed by atoms with Gasteiger partial charge in [0.25, 0.3) is 0 Å². The van der Waals surface area contributed by atoms with Gasteiger partial charge >= 0.3 is 0 Å². The molecule has 3 aliphatic rings. The number of fused-ring (bicyclic) bond motifs is 1. The zero-order chi connectivity index (χ0) is 14.9. The van der Waals surface area contributed by atoms with E-state index in [4.69, 9.17) is 0 Å². The molecule has 0 amide bonds. The van der Waals surface area contributed by atoms with Crippen LogP contribution in [0.3, 0.4) is 0 Å². The van der Waals surface area contributed by atoms with Gasteiger partial charge in [-0.1, -0.05) is 30.3 Å². The summed E-state index contributed by atoms with van der Waals surface area (Å²) in [5.74, 6) is 1.14. The highest BCUT2D eigenvalue weighted by molar-refractivity contribution is 5.88. The molecule has 1 aromatic rings. The van der Waals surface area contributed by atoms with Gasteiger partial charge in [-0.2, -0.15) is 0 Å². The molecule has 0 saturated carbocycles. The molecule has 22 heavy (non-hydrogen) atoms. The van der Waals surface area contributed by atoms with Crippen molar-refractivity contribution in [3.8, 4) is 22.4 Å². The second kappa shape index (κ2) is 5.48. The van der Waals surface area contributed by atoms with Crippen molar-refractivity contribution in [2.45, 2.75) is 26.2 Å². The van der Waals surface area contributed by atoms with E-state index in [2.05, 4.69) is 58.2 Å². The van der Waals surface area contributed by atoms with Crippen molar-refractivity contribution < 1.29 is 0 Å². The van der Waals surface area contributed by atoms with Crippen LogP contribution in [0.1, 0.15) is 24.8 Å². The Labute approximate surface area is 131 Å². The van der Waals surface area contributed by atoms with Crippen molar-refractivity contribution in [3.05, 3.63) is 48.3 Å². The predicted molar refractivity (Wildman–Crippen MR) is 91.4 cm³/mol. The second-order valence-electron chi connectivity index (χ2n) is 6.11. The summed E-state index contributed by atoms with van der Waals surface area (Å²) in [6.45, 7) is 4.44. The smallest absolute Gasteiger partial charge is 0.139 e. The molecule has 1 aliphatic carbocycles. The quantitative estimate of drug-likeness (QED) is 0.755. The highest BCUT2D eigenvalue weighted by Crippen LogP contribution is 2.40. The first-order chi connectivity index (χ1) is 10.8. The first-order valence-corrected chi connectivity index (χ1v) is 8.11. The number of hydrogen-bond acceptors (Lipinski definition) is 2. The minimum absolute atomic E-state index is 1.12. The van der Waals surface area contributed by atoms with Gasteiger partial charge in [0, 0.05) is 18.7 Å². The maximum absolute atomic E-state index is 4.65. The molecule has 1 N–H and O–H groups in total. The van der Waals surface area contributed by atoms with E-state index >= 15 is 0 Å². The summed E-state index contributed by atoms with van der Waals surface area (Å²) >= 11 is 0. The van der Waals surface area contributed by atoms with Gasteiger partial charge in [-0.15, -0.1) is 0 Å². The lowest BCUT2D eigenvalue weighted by Crippen LogP contribution is -2.30. The monoisotopic (exact) mass is 291 g/mol. The number of nitrogens with one attached hydrogen (secondary N) is 1. The van der Waals surface area contributed by atoms with Gasteiger partial charge in [0.15, 0.2) is 0 Å². The fourth-order valence-electron chi connectivity index (χ4n) is 3.53. The van der Waals surface area contributed by atoms with E-state index in [-0.39, 0.29) is 0 Å². The topological polar surface area (TPSA) is 31.9 Å². The lowest BCUT2D eigenvalue weighted by molar-refractivity contribution is 0.573. The number of anilines is 1. The Hall–Kier alpha value is -2.29. The van der Waals surface area contributed by atoms with Crippen molar-refractivity contribution in [3.63, 3.8) is 0 Å². The fraction of sp³-hybridized carbons (Fsp3) is 0.316. The normalized spacial score (nSPS) is 15.4. The summed E-state index contributed by atoms with van der Waals surface area (Å²) in [4.78, 5) is 10.4. The van der Waals surface area contributed by atoms with Crippen LogP contribution in [0.25, 0.3) is 22.4 Å². The van der Waals surface area contributed by atoms with Crippen LogP contribution in [0, 0.1) is 6.92 Å². The van der Waals surface area contributed by atoms with E-state index in [1.54, 1.807) is 0 Å². The van der Waals surface area contributed by atoms with Crippen molar-refractivity contribution in [2.75, 3.05) is 18.0 Å². The highest BCUT2D eigenvalue weighted by Gasteiger charge is 2.22. The van der Waals surface area contributed by atoms with Crippen LogP contribution in [0.2, 0.25) is 0 Å². The van der Waals surface area contributed by atoms with Gasteiger partial charge in [0.2, 0.25) is 0 Å². The van der Waals surface area contributed by atoms with Crippen molar-refractivity contribution in [2.24, 2.45) is 0 Å². The summed E-state index contributed by atoms with van der Waals surface area (Å²) < 4.78 is 0. The number of rotatable bonds is 2. The van der Waals surface area contributed by atoms with Gasteiger partial charge in [-0.3, -0.25) is 0 Å². The molecule has 3 nitrogen and oxygen atoms in total. The van der Waals surface area contributed by atoms with Crippen molar-refractivity contribution in [1.29, 1.82) is 0 Å². The van der Waals surface area contributed by atoms with E-state index in [0.29, 0.717) is 0 Å². The summed E-state index contributed by atoms with van der Waals surface area (Å²) in [5, 5.41) is 0. The molecule has 0 aromatic heterocycles. The average Bonchev–Trinajstić information content (AvgIpc) is 2.94. The van der Waals surface area contributed by atoms with Gasteiger partial charge in [0.1, 0.15) is 5.82 Å². The molecule has 1 aromatic carbocycles. The molecule has 4 rings (SSSR count).